The van der Waals surface area contributed by atoms with Gasteiger partial charge in [0.2, 0.25) is 0 Å². The van der Waals surface area contributed by atoms with Crippen molar-refractivity contribution in [3.8, 4) is 22.7 Å². The number of carbonyl (C=O) groups excluding carboxylic acids is 1. The predicted molar refractivity (Wildman–Crippen MR) is 151 cm³/mol. The molecule has 0 saturated carbocycles. The summed E-state index contributed by atoms with van der Waals surface area (Å²) >= 11 is 0. The summed E-state index contributed by atoms with van der Waals surface area (Å²) in [4.78, 5) is 17.6. The lowest BCUT2D eigenvalue weighted by atomic mass is 9.85. The molecule has 0 saturated heterocycles. The van der Waals surface area contributed by atoms with Gasteiger partial charge in [-0.3, -0.25) is 9.78 Å². The molecule has 0 atom stereocenters. The van der Waals surface area contributed by atoms with Gasteiger partial charge < -0.3 is 15.4 Å². The first-order valence-electron chi connectivity index (χ1n) is 12.8. The van der Waals surface area contributed by atoms with Gasteiger partial charge in [0.1, 0.15) is 11.4 Å². The van der Waals surface area contributed by atoms with Crippen molar-refractivity contribution in [2.75, 3.05) is 12.4 Å². The second-order valence-electron chi connectivity index (χ2n) is 10.8. The maximum atomic E-state index is 13.4. The van der Waals surface area contributed by atoms with E-state index in [9.17, 15) is 4.79 Å². The SMILES string of the molecule is COc1cncc(-c2cn(-c3cc(NC(=O)c4cc(CNC(C)C)cc(C(C)(C)C)c4)ccc3C)nn2)c1. The fraction of sp³-hybridized carbons (Fsp3) is 0.333. The van der Waals surface area contributed by atoms with Crippen LogP contribution in [0.15, 0.2) is 61.1 Å². The largest absolute Gasteiger partial charge is 0.495 e. The van der Waals surface area contributed by atoms with Crippen molar-refractivity contribution in [3.05, 3.63) is 83.3 Å². The van der Waals surface area contributed by atoms with Crippen LogP contribution in [-0.2, 0) is 12.0 Å². The van der Waals surface area contributed by atoms with Crippen molar-refractivity contribution in [2.45, 2.75) is 59.5 Å². The number of anilines is 1. The molecule has 0 unspecified atom stereocenters. The third kappa shape index (κ3) is 6.44. The number of benzene rings is 2. The number of nitrogens with zero attached hydrogens (tertiary/aromatic N) is 4. The number of carbonyl (C=O) groups is 1. The first-order valence-corrected chi connectivity index (χ1v) is 12.8. The molecule has 2 aromatic heterocycles. The summed E-state index contributed by atoms with van der Waals surface area (Å²) in [6.45, 7) is 13.4. The summed E-state index contributed by atoms with van der Waals surface area (Å²) in [5.74, 6) is 0.495. The number of amides is 1. The Balaban J connectivity index is 1.60. The Morgan fingerprint density at radius 1 is 1.08 bits per heavy atom. The second kappa shape index (κ2) is 11.1. The van der Waals surface area contributed by atoms with Crippen LogP contribution in [0.5, 0.6) is 5.75 Å². The molecule has 0 spiro atoms. The highest BCUT2D eigenvalue weighted by Gasteiger charge is 2.18. The molecule has 2 aromatic carbocycles. The van der Waals surface area contributed by atoms with Crippen molar-refractivity contribution in [1.29, 1.82) is 0 Å². The smallest absolute Gasteiger partial charge is 0.255 e. The molecule has 0 aliphatic heterocycles. The Morgan fingerprint density at radius 2 is 1.87 bits per heavy atom. The molecule has 0 bridgehead atoms. The van der Waals surface area contributed by atoms with Crippen molar-refractivity contribution >= 4 is 11.6 Å². The van der Waals surface area contributed by atoms with Gasteiger partial charge in [0.15, 0.2) is 0 Å². The summed E-state index contributed by atoms with van der Waals surface area (Å²) < 4.78 is 6.98. The van der Waals surface area contributed by atoms with Crippen LogP contribution < -0.4 is 15.4 Å². The fourth-order valence-corrected chi connectivity index (χ4v) is 4.00. The number of nitrogens with one attached hydrogen (secondary N) is 2. The Hall–Kier alpha value is -4.04. The average molecular weight is 513 g/mol. The zero-order valence-electron chi connectivity index (χ0n) is 23.2. The minimum absolute atomic E-state index is 0.0804. The highest BCUT2D eigenvalue weighted by Crippen LogP contribution is 2.27. The van der Waals surface area contributed by atoms with E-state index in [2.05, 4.69) is 66.6 Å². The minimum Gasteiger partial charge on any atom is -0.495 e. The number of aryl methyl sites for hydroxylation is 1. The number of hydrogen-bond acceptors (Lipinski definition) is 6. The molecule has 4 aromatic rings. The van der Waals surface area contributed by atoms with E-state index in [1.165, 1.54) is 0 Å². The second-order valence-corrected chi connectivity index (χ2v) is 10.8. The number of ether oxygens (including phenoxy) is 1. The predicted octanol–water partition coefficient (Wildman–Crippen LogP) is 5.69. The number of aromatic nitrogens is 4. The quantitative estimate of drug-likeness (QED) is 0.315. The van der Waals surface area contributed by atoms with Crippen LogP contribution in [0.3, 0.4) is 0 Å². The van der Waals surface area contributed by atoms with Crippen molar-refractivity contribution in [3.63, 3.8) is 0 Å². The normalized spacial score (nSPS) is 11.6. The van der Waals surface area contributed by atoms with Crippen LogP contribution in [0, 0.1) is 6.92 Å². The molecule has 0 fully saturated rings. The molecule has 2 heterocycles. The summed E-state index contributed by atoms with van der Waals surface area (Å²) in [5, 5.41) is 15.2. The van der Waals surface area contributed by atoms with Gasteiger partial charge in [-0.2, -0.15) is 0 Å². The molecule has 0 radical (unpaired) electrons. The first-order chi connectivity index (χ1) is 18.0. The average Bonchev–Trinajstić information content (AvgIpc) is 3.38. The molecule has 8 nitrogen and oxygen atoms in total. The summed E-state index contributed by atoms with van der Waals surface area (Å²) in [6, 6.07) is 14.1. The Kier molecular flexibility index (Phi) is 7.92. The summed E-state index contributed by atoms with van der Waals surface area (Å²) in [7, 11) is 1.60. The molecule has 8 heteroatoms. The highest BCUT2D eigenvalue weighted by molar-refractivity contribution is 6.04. The number of pyridine rings is 1. The van der Waals surface area contributed by atoms with Crippen molar-refractivity contribution < 1.29 is 9.53 Å². The van der Waals surface area contributed by atoms with E-state index in [0.717, 1.165) is 27.9 Å². The van der Waals surface area contributed by atoms with Crippen molar-refractivity contribution in [2.24, 2.45) is 0 Å². The lowest BCUT2D eigenvalue weighted by molar-refractivity contribution is 0.102. The van der Waals surface area contributed by atoms with Crippen molar-refractivity contribution in [1.82, 2.24) is 25.3 Å². The molecule has 4 rings (SSSR count). The first kappa shape index (κ1) is 27.0. The number of methoxy groups -OCH3 is 1. The van der Waals surface area contributed by atoms with Crippen LogP contribution in [0.25, 0.3) is 16.9 Å². The molecule has 198 valence electrons. The van der Waals surface area contributed by atoms with Gasteiger partial charge in [-0.15, -0.1) is 5.10 Å². The van der Waals surface area contributed by atoms with Crippen LogP contribution in [-0.4, -0.2) is 39.0 Å². The van der Waals surface area contributed by atoms with Gasteiger partial charge >= 0.3 is 0 Å². The maximum absolute atomic E-state index is 13.4. The van der Waals surface area contributed by atoms with E-state index < -0.39 is 0 Å². The highest BCUT2D eigenvalue weighted by atomic mass is 16.5. The third-order valence-electron chi connectivity index (χ3n) is 6.29. The van der Waals surface area contributed by atoms with E-state index in [-0.39, 0.29) is 11.3 Å². The fourth-order valence-electron chi connectivity index (χ4n) is 4.00. The van der Waals surface area contributed by atoms with Gasteiger partial charge in [0, 0.05) is 35.6 Å². The van der Waals surface area contributed by atoms with Crippen LogP contribution in [0.1, 0.15) is 61.7 Å². The zero-order valence-corrected chi connectivity index (χ0v) is 23.2. The topological polar surface area (TPSA) is 94.0 Å². The van der Waals surface area contributed by atoms with E-state index >= 15 is 0 Å². The maximum Gasteiger partial charge on any atom is 0.255 e. The van der Waals surface area contributed by atoms with E-state index in [1.54, 1.807) is 24.2 Å². The molecule has 2 N–H and O–H groups in total. The van der Waals surface area contributed by atoms with Crippen LogP contribution in [0.2, 0.25) is 0 Å². The van der Waals surface area contributed by atoms with Gasteiger partial charge in [0.05, 0.1) is 25.2 Å². The van der Waals surface area contributed by atoms with Crippen LogP contribution >= 0.6 is 0 Å². The van der Waals surface area contributed by atoms with E-state index in [1.807, 2.05) is 49.5 Å². The minimum atomic E-state index is -0.154. The Labute approximate surface area is 224 Å². The summed E-state index contributed by atoms with van der Waals surface area (Å²) in [6.07, 6.45) is 5.20. The molecule has 1 amide bonds. The van der Waals surface area contributed by atoms with Crippen LogP contribution in [0.4, 0.5) is 5.69 Å². The molecular weight excluding hydrogens is 476 g/mol. The zero-order chi connectivity index (χ0) is 27.4. The molecule has 0 aliphatic carbocycles. The Morgan fingerprint density at radius 3 is 2.58 bits per heavy atom. The third-order valence-corrected chi connectivity index (χ3v) is 6.29. The summed E-state index contributed by atoms with van der Waals surface area (Å²) in [5.41, 5.74) is 6.74. The van der Waals surface area contributed by atoms with E-state index in [0.29, 0.717) is 35.3 Å². The Bertz CT molecular complexity index is 1430. The van der Waals surface area contributed by atoms with E-state index in [4.69, 9.17) is 4.74 Å². The van der Waals surface area contributed by atoms with Gasteiger partial charge in [-0.25, -0.2) is 4.68 Å². The standard InChI is InChI=1S/C30H36N6O2/c1-19(2)32-15-21-10-22(12-24(11-21)30(4,5)6)29(37)33-25-9-8-20(3)28(14-25)36-18-27(34-35-36)23-13-26(38-7)17-31-16-23/h8-14,16-19,32H,15H2,1-7H3,(H,33,37). The lowest BCUT2D eigenvalue weighted by Crippen LogP contribution is -2.23. The van der Waals surface area contributed by atoms with Gasteiger partial charge in [-0.1, -0.05) is 52.0 Å². The molecule has 0 aliphatic rings. The van der Waals surface area contributed by atoms with Gasteiger partial charge in [0.25, 0.3) is 5.91 Å². The monoisotopic (exact) mass is 512 g/mol. The number of hydrogen-bond donors (Lipinski definition) is 2. The lowest BCUT2D eigenvalue weighted by Gasteiger charge is -2.22. The van der Waals surface area contributed by atoms with Gasteiger partial charge in [-0.05, 0) is 59.4 Å². The number of rotatable bonds is 8. The molecule has 38 heavy (non-hydrogen) atoms. The molecular formula is C30H36N6O2.